The lowest BCUT2D eigenvalue weighted by molar-refractivity contribution is -0.384. The largest absolute Gasteiger partial charge is 0.465 e. The van der Waals surface area contributed by atoms with Crippen molar-refractivity contribution in [3.8, 4) is 0 Å². The number of esters is 1. The number of methoxy groups -OCH3 is 1. The van der Waals surface area contributed by atoms with Gasteiger partial charge in [-0.2, -0.15) is 0 Å². The third-order valence-corrected chi connectivity index (χ3v) is 3.70. The zero-order valence-electron chi connectivity index (χ0n) is 10.9. The summed E-state index contributed by atoms with van der Waals surface area (Å²) in [6.45, 7) is 0. The number of ether oxygens (including phenoxy) is 1. The van der Waals surface area contributed by atoms with E-state index in [-0.39, 0.29) is 17.1 Å². The summed E-state index contributed by atoms with van der Waals surface area (Å²) in [7, 11) is 1.20. The normalized spacial score (nSPS) is 10.2. The second-order valence-electron chi connectivity index (χ2n) is 3.99. The third kappa shape index (κ3) is 3.57. The van der Waals surface area contributed by atoms with E-state index in [9.17, 15) is 19.3 Å². The molecule has 0 amide bonds. The van der Waals surface area contributed by atoms with Crippen LogP contribution in [0.25, 0.3) is 0 Å². The van der Waals surface area contributed by atoms with Crippen LogP contribution in [0.3, 0.4) is 0 Å². The molecule has 0 aliphatic carbocycles. The predicted molar refractivity (Wildman–Crippen MR) is 75.0 cm³/mol. The summed E-state index contributed by atoms with van der Waals surface area (Å²) < 4.78 is 17.5. The van der Waals surface area contributed by atoms with Crippen LogP contribution in [-0.4, -0.2) is 18.0 Å². The second-order valence-corrected chi connectivity index (χ2v) is 5.10. The van der Waals surface area contributed by atoms with E-state index in [2.05, 4.69) is 4.74 Å². The molecule has 7 heteroatoms. The first-order valence-electron chi connectivity index (χ1n) is 5.81. The van der Waals surface area contributed by atoms with Crippen molar-refractivity contribution in [1.82, 2.24) is 0 Å². The molecule has 0 heterocycles. The number of nitrogens with zero attached hydrogens (tertiary/aromatic N) is 1. The number of carbonyl (C=O) groups excluding carboxylic acids is 1. The molecular weight excluding hydrogens is 297 g/mol. The van der Waals surface area contributed by atoms with Crippen molar-refractivity contribution >= 4 is 23.4 Å². The molecule has 0 N–H and O–H groups in total. The van der Waals surface area contributed by atoms with Gasteiger partial charge in [0.2, 0.25) is 0 Å². The third-order valence-electron chi connectivity index (χ3n) is 2.62. The van der Waals surface area contributed by atoms with Crippen LogP contribution in [0, 0.1) is 15.9 Å². The Kier molecular flexibility index (Phi) is 4.54. The van der Waals surface area contributed by atoms with Crippen LogP contribution in [-0.2, 0) is 4.74 Å². The highest BCUT2D eigenvalue weighted by Gasteiger charge is 2.18. The van der Waals surface area contributed by atoms with Crippen LogP contribution >= 0.6 is 11.8 Å². The molecule has 0 aromatic heterocycles. The first-order valence-corrected chi connectivity index (χ1v) is 6.63. The molecule has 0 saturated carbocycles. The van der Waals surface area contributed by atoms with Gasteiger partial charge >= 0.3 is 5.97 Å². The van der Waals surface area contributed by atoms with E-state index >= 15 is 0 Å². The van der Waals surface area contributed by atoms with E-state index in [1.807, 2.05) is 0 Å². The maximum atomic E-state index is 12.9. The molecule has 21 heavy (non-hydrogen) atoms. The van der Waals surface area contributed by atoms with E-state index in [0.29, 0.717) is 9.79 Å². The lowest BCUT2D eigenvalue weighted by atomic mass is 10.2. The fourth-order valence-corrected chi connectivity index (χ4v) is 2.53. The number of non-ortho nitro benzene ring substituents is 1. The quantitative estimate of drug-likeness (QED) is 0.489. The average Bonchev–Trinajstić information content (AvgIpc) is 2.49. The maximum absolute atomic E-state index is 12.9. The molecule has 2 aromatic carbocycles. The summed E-state index contributed by atoms with van der Waals surface area (Å²) >= 11 is 1.20. The Labute approximate surface area is 123 Å². The molecule has 0 atom stereocenters. The Morgan fingerprint density at radius 3 is 2.48 bits per heavy atom. The molecule has 0 bridgehead atoms. The second kappa shape index (κ2) is 6.36. The molecule has 0 aliphatic rings. The Hall–Kier alpha value is -2.41. The molecule has 2 rings (SSSR count). The van der Waals surface area contributed by atoms with Gasteiger partial charge in [-0.25, -0.2) is 9.18 Å². The summed E-state index contributed by atoms with van der Waals surface area (Å²) in [6.07, 6.45) is 0. The minimum atomic E-state index is -0.664. The zero-order valence-corrected chi connectivity index (χ0v) is 11.7. The molecule has 0 saturated heterocycles. The lowest BCUT2D eigenvalue weighted by Crippen LogP contribution is -2.04. The Morgan fingerprint density at radius 2 is 1.90 bits per heavy atom. The zero-order chi connectivity index (χ0) is 15.4. The predicted octanol–water partition coefficient (Wildman–Crippen LogP) is 3.67. The fraction of sp³-hybridized carbons (Fsp3) is 0.0714. The van der Waals surface area contributed by atoms with E-state index in [4.69, 9.17) is 0 Å². The van der Waals surface area contributed by atoms with Gasteiger partial charge in [-0.15, -0.1) is 0 Å². The van der Waals surface area contributed by atoms with Crippen molar-refractivity contribution in [3.63, 3.8) is 0 Å². The van der Waals surface area contributed by atoms with Crippen LogP contribution < -0.4 is 0 Å². The van der Waals surface area contributed by atoms with E-state index < -0.39 is 10.9 Å². The standard InChI is InChI=1S/C14H10FNO4S/c1-20-14(17)12-8-10(16(18)19)4-7-13(12)21-11-5-2-9(15)3-6-11/h2-8H,1H3. The minimum Gasteiger partial charge on any atom is -0.465 e. The maximum Gasteiger partial charge on any atom is 0.339 e. The number of carbonyl (C=O) groups is 1. The smallest absolute Gasteiger partial charge is 0.339 e. The van der Waals surface area contributed by atoms with Gasteiger partial charge in [0.1, 0.15) is 5.82 Å². The summed E-state index contributed by atoms with van der Waals surface area (Å²) in [5.41, 5.74) is -0.0973. The van der Waals surface area contributed by atoms with Gasteiger partial charge in [0.25, 0.3) is 5.69 Å². The number of nitro benzene ring substituents is 1. The van der Waals surface area contributed by atoms with Gasteiger partial charge in [0.15, 0.2) is 0 Å². The monoisotopic (exact) mass is 307 g/mol. The van der Waals surface area contributed by atoms with Crippen LogP contribution in [0.4, 0.5) is 10.1 Å². The summed E-state index contributed by atoms with van der Waals surface area (Å²) in [5.74, 6) is -1.03. The molecule has 0 fully saturated rings. The van der Waals surface area contributed by atoms with Crippen LogP contribution in [0.2, 0.25) is 0 Å². The van der Waals surface area contributed by atoms with Crippen molar-refractivity contribution in [1.29, 1.82) is 0 Å². The van der Waals surface area contributed by atoms with Crippen molar-refractivity contribution < 1.29 is 18.8 Å². The van der Waals surface area contributed by atoms with Gasteiger partial charge in [0, 0.05) is 21.9 Å². The van der Waals surface area contributed by atoms with Crippen molar-refractivity contribution in [3.05, 3.63) is 64.0 Å². The number of hydrogen-bond acceptors (Lipinski definition) is 5. The van der Waals surface area contributed by atoms with E-state index in [0.717, 1.165) is 6.07 Å². The molecule has 0 radical (unpaired) electrons. The molecule has 108 valence electrons. The number of rotatable bonds is 4. The van der Waals surface area contributed by atoms with Crippen LogP contribution in [0.15, 0.2) is 52.3 Å². The number of benzene rings is 2. The molecule has 2 aromatic rings. The molecular formula is C14H10FNO4S. The summed E-state index contributed by atoms with van der Waals surface area (Å²) in [4.78, 5) is 23.1. The topological polar surface area (TPSA) is 69.4 Å². The minimum absolute atomic E-state index is 0.0982. The van der Waals surface area contributed by atoms with Crippen molar-refractivity contribution in [2.45, 2.75) is 9.79 Å². The van der Waals surface area contributed by atoms with Crippen LogP contribution in [0.5, 0.6) is 0 Å². The van der Waals surface area contributed by atoms with Crippen LogP contribution in [0.1, 0.15) is 10.4 Å². The van der Waals surface area contributed by atoms with Crippen molar-refractivity contribution in [2.75, 3.05) is 7.11 Å². The number of halogens is 1. The summed E-state index contributed by atoms with van der Waals surface area (Å²) in [6, 6.07) is 9.65. The Balaban J connectivity index is 2.40. The van der Waals surface area contributed by atoms with E-state index in [1.165, 1.54) is 43.1 Å². The molecule has 0 aliphatic heterocycles. The van der Waals surface area contributed by atoms with Crippen molar-refractivity contribution in [2.24, 2.45) is 0 Å². The number of nitro groups is 1. The van der Waals surface area contributed by atoms with Gasteiger partial charge in [-0.3, -0.25) is 10.1 Å². The van der Waals surface area contributed by atoms with E-state index in [1.54, 1.807) is 12.1 Å². The SMILES string of the molecule is COC(=O)c1cc([N+](=O)[O-])ccc1Sc1ccc(F)cc1. The van der Waals surface area contributed by atoms with Gasteiger partial charge in [0.05, 0.1) is 17.6 Å². The molecule has 0 unspecified atom stereocenters. The number of hydrogen-bond donors (Lipinski definition) is 0. The first-order chi connectivity index (χ1) is 10.0. The van der Waals surface area contributed by atoms with Gasteiger partial charge in [-0.1, -0.05) is 11.8 Å². The van der Waals surface area contributed by atoms with Gasteiger partial charge < -0.3 is 4.74 Å². The average molecular weight is 307 g/mol. The highest BCUT2D eigenvalue weighted by molar-refractivity contribution is 7.99. The lowest BCUT2D eigenvalue weighted by Gasteiger charge is -2.07. The Bertz CT molecular complexity index is 688. The Morgan fingerprint density at radius 1 is 1.24 bits per heavy atom. The molecule has 5 nitrogen and oxygen atoms in total. The highest BCUT2D eigenvalue weighted by atomic mass is 32.2. The van der Waals surface area contributed by atoms with Gasteiger partial charge in [-0.05, 0) is 30.3 Å². The fourth-order valence-electron chi connectivity index (χ4n) is 1.62. The molecule has 0 spiro atoms. The highest BCUT2D eigenvalue weighted by Crippen LogP contribution is 2.33. The summed E-state index contributed by atoms with van der Waals surface area (Å²) in [5, 5.41) is 10.8. The first kappa shape index (κ1) is 15.0.